The molecule has 0 aromatic carbocycles. The third-order valence-corrected chi connectivity index (χ3v) is 6.53. The summed E-state index contributed by atoms with van der Waals surface area (Å²) in [4.78, 5) is 34.2. The number of ether oxygens (including phenoxy) is 1. The molecule has 2 aliphatic rings. The number of aliphatic imine (C=N–C) groups is 1. The Kier molecular flexibility index (Phi) is 7.18. The molecule has 1 aromatic rings. The second-order valence-corrected chi connectivity index (χ2v) is 8.62. The molecule has 1 amide bonds. The number of thiophene rings is 1. The van der Waals surface area contributed by atoms with Gasteiger partial charge in [-0.05, 0) is 47.6 Å². The average Bonchev–Trinajstić information content (AvgIpc) is 3.36. The van der Waals surface area contributed by atoms with Crippen LogP contribution in [0, 0.1) is 0 Å². The number of thioether (sulfide) groups is 1. The van der Waals surface area contributed by atoms with Crippen molar-refractivity contribution < 1.29 is 14.3 Å². The van der Waals surface area contributed by atoms with Crippen molar-refractivity contribution in [3.05, 3.63) is 44.8 Å². The van der Waals surface area contributed by atoms with Gasteiger partial charge in [0.2, 0.25) is 5.91 Å². The van der Waals surface area contributed by atoms with Crippen molar-refractivity contribution in [1.82, 2.24) is 9.80 Å². The molecule has 8 heteroatoms. The zero-order chi connectivity index (χ0) is 21.0. The van der Waals surface area contributed by atoms with Crippen LogP contribution in [0.1, 0.15) is 51.6 Å². The third kappa shape index (κ3) is 4.43. The molecule has 6 nitrogen and oxygen atoms in total. The number of fused-ring (bicyclic) bond motifs is 1. The SMILES string of the molecule is CCCN(CCC)C(=O)CC1=CSC2=NC(C)=C(C(=O)OC)[C@@H](c3ccsc3)N12. The van der Waals surface area contributed by atoms with E-state index in [-0.39, 0.29) is 17.9 Å². The van der Waals surface area contributed by atoms with Gasteiger partial charge in [-0.3, -0.25) is 4.79 Å². The number of hydrogen-bond acceptors (Lipinski definition) is 7. The Morgan fingerprint density at radius 2 is 2.00 bits per heavy atom. The molecule has 0 saturated carbocycles. The maximum atomic E-state index is 13.0. The highest BCUT2D eigenvalue weighted by Gasteiger charge is 2.41. The normalized spacial score (nSPS) is 18.3. The molecule has 0 aliphatic carbocycles. The molecule has 0 spiro atoms. The molecule has 0 N–H and O–H groups in total. The van der Waals surface area contributed by atoms with E-state index in [0.717, 1.165) is 42.4 Å². The maximum Gasteiger partial charge on any atom is 0.338 e. The summed E-state index contributed by atoms with van der Waals surface area (Å²) in [6, 6.07) is 1.68. The minimum absolute atomic E-state index is 0.108. The number of methoxy groups -OCH3 is 1. The number of allylic oxidation sites excluding steroid dienone is 1. The lowest BCUT2D eigenvalue weighted by Gasteiger charge is -2.36. The first-order valence-corrected chi connectivity index (χ1v) is 11.7. The number of esters is 1. The van der Waals surface area contributed by atoms with Crippen LogP contribution in [0.2, 0.25) is 0 Å². The van der Waals surface area contributed by atoms with Crippen molar-refractivity contribution in [1.29, 1.82) is 0 Å². The molecule has 156 valence electrons. The molecule has 1 aromatic heterocycles. The molecule has 3 rings (SSSR count). The van der Waals surface area contributed by atoms with Crippen LogP contribution in [0.3, 0.4) is 0 Å². The van der Waals surface area contributed by atoms with E-state index < -0.39 is 0 Å². The van der Waals surface area contributed by atoms with Gasteiger partial charge in [0, 0.05) is 18.8 Å². The van der Waals surface area contributed by atoms with Crippen molar-refractivity contribution in [3.63, 3.8) is 0 Å². The summed E-state index contributed by atoms with van der Waals surface area (Å²) in [6.07, 6.45) is 2.16. The summed E-state index contributed by atoms with van der Waals surface area (Å²) in [6.45, 7) is 7.52. The predicted molar refractivity (Wildman–Crippen MR) is 119 cm³/mol. The highest BCUT2D eigenvalue weighted by Crippen LogP contribution is 2.45. The Bertz CT molecular complexity index is 853. The van der Waals surface area contributed by atoms with Gasteiger partial charge in [-0.2, -0.15) is 11.3 Å². The largest absolute Gasteiger partial charge is 0.466 e. The quantitative estimate of drug-likeness (QED) is 0.564. The van der Waals surface area contributed by atoms with Gasteiger partial charge < -0.3 is 14.5 Å². The summed E-state index contributed by atoms with van der Waals surface area (Å²) in [5.41, 5.74) is 3.06. The first-order chi connectivity index (χ1) is 14.0. The molecule has 0 radical (unpaired) electrons. The zero-order valence-corrected chi connectivity index (χ0v) is 18.9. The van der Waals surface area contributed by atoms with Crippen LogP contribution in [0.25, 0.3) is 0 Å². The topological polar surface area (TPSA) is 62.2 Å². The molecule has 29 heavy (non-hydrogen) atoms. The van der Waals surface area contributed by atoms with Crippen LogP contribution in [0.15, 0.2) is 44.2 Å². The zero-order valence-electron chi connectivity index (χ0n) is 17.3. The second kappa shape index (κ2) is 9.63. The number of hydrogen-bond donors (Lipinski definition) is 0. The van der Waals surface area contributed by atoms with Gasteiger partial charge in [-0.1, -0.05) is 25.6 Å². The summed E-state index contributed by atoms with van der Waals surface area (Å²) >= 11 is 3.08. The van der Waals surface area contributed by atoms with Crippen molar-refractivity contribution in [2.45, 2.75) is 46.1 Å². The molecular formula is C21H27N3O3S2. The van der Waals surface area contributed by atoms with Gasteiger partial charge in [-0.15, -0.1) is 0 Å². The van der Waals surface area contributed by atoms with E-state index in [4.69, 9.17) is 4.74 Å². The Labute approximate surface area is 180 Å². The predicted octanol–water partition coefficient (Wildman–Crippen LogP) is 4.53. The van der Waals surface area contributed by atoms with Gasteiger partial charge in [0.1, 0.15) is 0 Å². The van der Waals surface area contributed by atoms with Gasteiger partial charge >= 0.3 is 5.97 Å². The van der Waals surface area contributed by atoms with Crippen molar-refractivity contribution in [3.8, 4) is 0 Å². The molecule has 3 heterocycles. The third-order valence-electron chi connectivity index (χ3n) is 4.94. The lowest BCUT2D eigenvalue weighted by atomic mass is 9.96. The summed E-state index contributed by atoms with van der Waals surface area (Å²) in [7, 11) is 1.39. The monoisotopic (exact) mass is 433 g/mol. The standard InChI is InChI=1S/C21H27N3O3S2/c1-5-8-23(9-6-2)17(25)11-16-13-29-21-22-14(3)18(20(26)27-4)19(24(16)21)15-7-10-28-12-15/h7,10,12-13,19H,5-6,8-9,11H2,1-4H3/t19-/m1/s1. The molecule has 2 aliphatic heterocycles. The van der Waals surface area contributed by atoms with E-state index in [2.05, 4.69) is 18.8 Å². The fraction of sp³-hybridized carbons (Fsp3) is 0.476. The molecule has 0 saturated heterocycles. The Hall–Kier alpha value is -2.06. The van der Waals surface area contributed by atoms with Crippen LogP contribution in [-0.4, -0.2) is 47.0 Å². The number of amides is 1. The number of nitrogens with zero attached hydrogens (tertiary/aromatic N) is 3. The number of amidine groups is 1. The minimum Gasteiger partial charge on any atom is -0.466 e. The van der Waals surface area contributed by atoms with Crippen molar-refractivity contribution >= 4 is 40.1 Å². The van der Waals surface area contributed by atoms with Crippen LogP contribution >= 0.6 is 23.1 Å². The van der Waals surface area contributed by atoms with Crippen molar-refractivity contribution in [2.75, 3.05) is 20.2 Å². The highest BCUT2D eigenvalue weighted by atomic mass is 32.2. The van der Waals surface area contributed by atoms with E-state index in [0.29, 0.717) is 17.7 Å². The number of carbonyl (C=O) groups is 2. The number of rotatable bonds is 8. The summed E-state index contributed by atoms with van der Waals surface area (Å²) in [5.74, 6) is -0.278. The van der Waals surface area contributed by atoms with Crippen LogP contribution in [0.4, 0.5) is 0 Å². The molecular weight excluding hydrogens is 406 g/mol. The molecule has 1 atom stereocenters. The second-order valence-electron chi connectivity index (χ2n) is 7.00. The lowest BCUT2D eigenvalue weighted by Crippen LogP contribution is -2.39. The maximum absolute atomic E-state index is 13.0. The lowest BCUT2D eigenvalue weighted by molar-refractivity contribution is -0.136. The Morgan fingerprint density at radius 1 is 1.28 bits per heavy atom. The van der Waals surface area contributed by atoms with Crippen LogP contribution < -0.4 is 0 Å². The fourth-order valence-electron chi connectivity index (χ4n) is 3.65. The number of carbonyl (C=O) groups excluding carboxylic acids is 2. The van der Waals surface area contributed by atoms with Crippen LogP contribution in [0.5, 0.6) is 0 Å². The minimum atomic E-state index is -0.386. The van der Waals surface area contributed by atoms with E-state index >= 15 is 0 Å². The van der Waals surface area contributed by atoms with E-state index in [9.17, 15) is 9.59 Å². The summed E-state index contributed by atoms with van der Waals surface area (Å²) in [5, 5.41) is 6.81. The Balaban J connectivity index is 1.93. The van der Waals surface area contributed by atoms with Crippen molar-refractivity contribution in [2.24, 2.45) is 4.99 Å². The van der Waals surface area contributed by atoms with E-state index in [1.807, 2.05) is 39.0 Å². The molecule has 0 fully saturated rings. The molecule has 0 unspecified atom stereocenters. The fourth-order valence-corrected chi connectivity index (χ4v) is 5.30. The smallest absolute Gasteiger partial charge is 0.338 e. The first-order valence-electron chi connectivity index (χ1n) is 9.84. The Morgan fingerprint density at radius 3 is 2.59 bits per heavy atom. The van der Waals surface area contributed by atoms with Gasteiger partial charge in [0.25, 0.3) is 0 Å². The van der Waals surface area contributed by atoms with Gasteiger partial charge in [0.05, 0.1) is 30.8 Å². The summed E-state index contributed by atoms with van der Waals surface area (Å²) < 4.78 is 5.06. The van der Waals surface area contributed by atoms with E-state index in [1.165, 1.54) is 18.9 Å². The van der Waals surface area contributed by atoms with Gasteiger partial charge in [-0.25, -0.2) is 9.79 Å². The highest BCUT2D eigenvalue weighted by molar-refractivity contribution is 8.16. The van der Waals surface area contributed by atoms with Gasteiger partial charge in [0.15, 0.2) is 5.17 Å². The molecule has 0 bridgehead atoms. The average molecular weight is 434 g/mol. The van der Waals surface area contributed by atoms with Crippen LogP contribution in [-0.2, 0) is 14.3 Å². The first kappa shape index (κ1) is 21.6. The van der Waals surface area contributed by atoms with E-state index in [1.54, 1.807) is 11.3 Å².